The normalized spacial score (nSPS) is 11.6. The smallest absolute Gasteiger partial charge is 0.339 e. The van der Waals surface area contributed by atoms with Crippen molar-refractivity contribution in [1.29, 1.82) is 0 Å². The number of ether oxygens (including phenoxy) is 1. The van der Waals surface area contributed by atoms with Gasteiger partial charge in [-0.15, -0.1) is 0 Å². The van der Waals surface area contributed by atoms with Crippen molar-refractivity contribution in [3.63, 3.8) is 0 Å². The highest BCUT2D eigenvalue weighted by atomic mass is 32.2. The second kappa shape index (κ2) is 9.13. The van der Waals surface area contributed by atoms with E-state index < -0.39 is 16.8 Å². The zero-order chi connectivity index (χ0) is 18.2. The highest BCUT2D eigenvalue weighted by Gasteiger charge is 2.15. The maximum atomic E-state index is 12.1. The first-order valence-corrected chi connectivity index (χ1v) is 9.45. The maximum Gasteiger partial charge on any atom is 0.339 e. The van der Waals surface area contributed by atoms with Crippen LogP contribution >= 0.6 is 0 Å². The first kappa shape index (κ1) is 18.9. The summed E-state index contributed by atoms with van der Waals surface area (Å²) in [6.07, 6.45) is 2.20. The van der Waals surface area contributed by atoms with Crippen molar-refractivity contribution in [2.24, 2.45) is 0 Å². The van der Waals surface area contributed by atoms with Crippen molar-refractivity contribution < 1.29 is 18.5 Å². The van der Waals surface area contributed by atoms with E-state index >= 15 is 0 Å². The topological polar surface area (TPSA) is 72.5 Å². The molecule has 25 heavy (non-hydrogen) atoms. The van der Waals surface area contributed by atoms with Crippen molar-refractivity contribution >= 4 is 22.7 Å². The molecule has 1 N–H and O–H groups in total. The number of rotatable bonds is 7. The van der Waals surface area contributed by atoms with Crippen molar-refractivity contribution in [1.82, 2.24) is 5.32 Å². The third kappa shape index (κ3) is 5.53. The molecule has 0 saturated carbocycles. The van der Waals surface area contributed by atoms with E-state index in [9.17, 15) is 13.8 Å². The van der Waals surface area contributed by atoms with Crippen LogP contribution in [0.3, 0.4) is 0 Å². The minimum absolute atomic E-state index is 0.219. The second-order valence-electron chi connectivity index (χ2n) is 5.55. The molecule has 2 aromatic rings. The molecule has 2 aromatic carbocycles. The fourth-order valence-corrected chi connectivity index (χ4v) is 3.10. The molecule has 0 spiro atoms. The van der Waals surface area contributed by atoms with E-state index in [4.69, 9.17) is 4.74 Å². The second-order valence-corrected chi connectivity index (χ2v) is 6.90. The monoisotopic (exact) mass is 359 g/mol. The number of benzene rings is 2. The first-order valence-electron chi connectivity index (χ1n) is 7.90. The first-order chi connectivity index (χ1) is 12.0. The van der Waals surface area contributed by atoms with Gasteiger partial charge in [-0.25, -0.2) is 4.79 Å². The van der Waals surface area contributed by atoms with E-state index in [2.05, 4.69) is 5.32 Å². The Morgan fingerprint density at radius 2 is 1.76 bits per heavy atom. The lowest BCUT2D eigenvalue weighted by Crippen LogP contribution is -2.30. The molecule has 0 aliphatic rings. The molecule has 0 aliphatic heterocycles. The lowest BCUT2D eigenvalue weighted by atomic mass is 10.1. The minimum atomic E-state index is -1.31. The van der Waals surface area contributed by atoms with Crippen LogP contribution in [0.5, 0.6) is 0 Å². The van der Waals surface area contributed by atoms with Crippen molar-refractivity contribution in [2.45, 2.75) is 18.2 Å². The summed E-state index contributed by atoms with van der Waals surface area (Å²) in [6.45, 7) is 2.13. The van der Waals surface area contributed by atoms with Gasteiger partial charge in [-0.2, -0.15) is 0 Å². The molecule has 0 aliphatic carbocycles. The van der Waals surface area contributed by atoms with Crippen LogP contribution in [0.25, 0.3) is 0 Å². The van der Waals surface area contributed by atoms with Gasteiger partial charge in [-0.05, 0) is 36.6 Å². The standard InChI is InChI=1S/C19H21NO4S/c1-14-7-3-4-8-15(14)11-12-20-18(21)13-24-19(22)16-9-5-6-10-17(16)25(2)23/h3-10H,11-13H2,1-2H3,(H,20,21)/t25-/m0/s1. The van der Waals surface area contributed by atoms with Crippen LogP contribution in [0.2, 0.25) is 0 Å². The van der Waals surface area contributed by atoms with Crippen LogP contribution in [0.1, 0.15) is 21.5 Å². The van der Waals surface area contributed by atoms with Gasteiger partial charge in [0.25, 0.3) is 5.91 Å². The molecule has 0 radical (unpaired) electrons. The Morgan fingerprint density at radius 1 is 1.08 bits per heavy atom. The van der Waals surface area contributed by atoms with Gasteiger partial charge in [-0.3, -0.25) is 9.00 Å². The molecule has 0 aromatic heterocycles. The zero-order valence-corrected chi connectivity index (χ0v) is 15.1. The lowest BCUT2D eigenvalue weighted by molar-refractivity contribution is -0.124. The molecule has 0 bridgehead atoms. The molecule has 0 fully saturated rings. The Balaban J connectivity index is 1.81. The highest BCUT2D eigenvalue weighted by molar-refractivity contribution is 7.84. The lowest BCUT2D eigenvalue weighted by Gasteiger charge is -2.09. The molecule has 5 nitrogen and oxygen atoms in total. The minimum Gasteiger partial charge on any atom is -0.452 e. The molecular weight excluding hydrogens is 338 g/mol. The van der Waals surface area contributed by atoms with Gasteiger partial charge in [0.2, 0.25) is 0 Å². The third-order valence-electron chi connectivity index (χ3n) is 3.73. The zero-order valence-electron chi connectivity index (χ0n) is 14.3. The Bertz CT molecular complexity index is 788. The predicted octanol–water partition coefficient (Wildman–Crippen LogP) is 2.25. The number of nitrogens with one attached hydrogen (secondary N) is 1. The molecular formula is C19H21NO4S. The van der Waals surface area contributed by atoms with Crippen LogP contribution in [0.4, 0.5) is 0 Å². The number of amides is 1. The summed E-state index contributed by atoms with van der Waals surface area (Å²) in [4.78, 5) is 24.3. The molecule has 2 rings (SSSR count). The number of esters is 1. The number of carbonyl (C=O) groups is 2. The summed E-state index contributed by atoms with van der Waals surface area (Å²) in [6, 6.07) is 14.5. The molecule has 1 atom stereocenters. The van der Waals surface area contributed by atoms with E-state index in [-0.39, 0.29) is 18.1 Å². The molecule has 0 unspecified atom stereocenters. The fourth-order valence-electron chi connectivity index (χ4n) is 2.37. The largest absolute Gasteiger partial charge is 0.452 e. The average Bonchev–Trinajstić information content (AvgIpc) is 2.61. The summed E-state index contributed by atoms with van der Waals surface area (Å²) in [5.41, 5.74) is 2.56. The summed E-state index contributed by atoms with van der Waals surface area (Å²) >= 11 is 0. The summed E-state index contributed by atoms with van der Waals surface area (Å²) in [5, 5.41) is 2.73. The summed E-state index contributed by atoms with van der Waals surface area (Å²) in [7, 11) is -1.31. The van der Waals surface area contributed by atoms with E-state index in [1.54, 1.807) is 18.2 Å². The number of aryl methyl sites for hydroxylation is 1. The van der Waals surface area contributed by atoms with E-state index in [0.29, 0.717) is 17.9 Å². The number of carbonyl (C=O) groups excluding carboxylic acids is 2. The van der Waals surface area contributed by atoms with Gasteiger partial charge in [-0.1, -0.05) is 36.4 Å². The van der Waals surface area contributed by atoms with Crippen molar-refractivity contribution in [3.8, 4) is 0 Å². The third-order valence-corrected chi connectivity index (χ3v) is 4.70. The maximum absolute atomic E-state index is 12.1. The van der Waals surface area contributed by atoms with Crippen LogP contribution in [0, 0.1) is 6.92 Å². The fraction of sp³-hybridized carbons (Fsp3) is 0.263. The molecule has 132 valence electrons. The van der Waals surface area contributed by atoms with Crippen molar-refractivity contribution in [3.05, 3.63) is 65.2 Å². The van der Waals surface area contributed by atoms with Crippen LogP contribution in [0.15, 0.2) is 53.4 Å². The van der Waals surface area contributed by atoms with Gasteiger partial charge >= 0.3 is 5.97 Å². The summed E-state index contributed by atoms with van der Waals surface area (Å²) in [5.74, 6) is -1.02. The van der Waals surface area contributed by atoms with E-state index in [1.165, 1.54) is 23.4 Å². The van der Waals surface area contributed by atoms with Gasteiger partial charge in [0.05, 0.1) is 21.3 Å². The van der Waals surface area contributed by atoms with E-state index in [0.717, 1.165) is 0 Å². The SMILES string of the molecule is Cc1ccccc1CCNC(=O)COC(=O)c1ccccc1[S@](C)=O. The van der Waals surface area contributed by atoms with Gasteiger partial charge < -0.3 is 10.1 Å². The molecule has 1 amide bonds. The Morgan fingerprint density at radius 3 is 2.48 bits per heavy atom. The number of hydrogen-bond donors (Lipinski definition) is 1. The van der Waals surface area contributed by atoms with Crippen molar-refractivity contribution in [2.75, 3.05) is 19.4 Å². The molecule has 0 heterocycles. The van der Waals surface area contributed by atoms with Crippen LogP contribution < -0.4 is 5.32 Å². The van der Waals surface area contributed by atoms with Gasteiger partial charge in [0.1, 0.15) is 0 Å². The molecule has 6 heteroatoms. The number of hydrogen-bond acceptors (Lipinski definition) is 4. The Kier molecular flexibility index (Phi) is 6.89. The van der Waals surface area contributed by atoms with Crippen LogP contribution in [-0.2, 0) is 26.8 Å². The predicted molar refractivity (Wildman–Crippen MR) is 96.9 cm³/mol. The van der Waals surface area contributed by atoms with E-state index in [1.807, 2.05) is 31.2 Å². The summed E-state index contributed by atoms with van der Waals surface area (Å²) < 4.78 is 16.7. The van der Waals surface area contributed by atoms with Gasteiger partial charge in [0.15, 0.2) is 6.61 Å². The Labute approximate surface area is 149 Å². The molecule has 0 saturated heterocycles. The van der Waals surface area contributed by atoms with Crippen LogP contribution in [-0.4, -0.2) is 35.5 Å². The Hall–Kier alpha value is -2.47. The van der Waals surface area contributed by atoms with Gasteiger partial charge in [0, 0.05) is 12.8 Å². The highest BCUT2D eigenvalue weighted by Crippen LogP contribution is 2.13. The average molecular weight is 359 g/mol. The quantitative estimate of drug-likeness (QED) is 0.770.